The molecule has 11 nitrogen and oxygen atoms in total. The van der Waals surface area contributed by atoms with Gasteiger partial charge in [-0.15, -0.1) is 0 Å². The molecule has 1 unspecified atom stereocenters. The van der Waals surface area contributed by atoms with Gasteiger partial charge in [0.2, 0.25) is 5.91 Å². The molecule has 0 spiro atoms. The minimum absolute atomic E-state index is 0.0626. The maximum Gasteiger partial charge on any atom is 0.325 e. The van der Waals surface area contributed by atoms with Crippen LogP contribution in [0.15, 0.2) is 18.2 Å². The van der Waals surface area contributed by atoms with Crippen molar-refractivity contribution < 1.29 is 28.7 Å². The SMILES string of the molecule is CCOC(=O)CNC(=O)C(C)N(C(=O)c1snc(C(N)=O)c1N)c1cc(C)ccc1OC. The summed E-state index contributed by atoms with van der Waals surface area (Å²) in [5.74, 6) is -2.47. The van der Waals surface area contributed by atoms with Crippen LogP contribution >= 0.6 is 11.5 Å². The lowest BCUT2D eigenvalue weighted by Gasteiger charge is -2.29. The fourth-order valence-electron chi connectivity index (χ4n) is 2.86. The number of carbonyl (C=O) groups excluding carboxylic acids is 4. The van der Waals surface area contributed by atoms with E-state index in [1.165, 1.54) is 18.9 Å². The Kier molecular flexibility index (Phi) is 8.13. The zero-order valence-electron chi connectivity index (χ0n) is 18.1. The largest absolute Gasteiger partial charge is 0.495 e. The van der Waals surface area contributed by atoms with E-state index in [-0.39, 0.29) is 29.4 Å². The highest BCUT2D eigenvalue weighted by molar-refractivity contribution is 7.09. The van der Waals surface area contributed by atoms with E-state index in [0.29, 0.717) is 23.0 Å². The minimum Gasteiger partial charge on any atom is -0.495 e. The number of aromatic nitrogens is 1. The smallest absolute Gasteiger partial charge is 0.325 e. The molecule has 0 bridgehead atoms. The third kappa shape index (κ3) is 5.32. The molecule has 2 rings (SSSR count). The number of ether oxygens (including phenoxy) is 2. The van der Waals surface area contributed by atoms with Gasteiger partial charge < -0.3 is 26.3 Å². The number of esters is 1. The summed E-state index contributed by atoms with van der Waals surface area (Å²) in [5.41, 5.74) is 11.9. The predicted molar refractivity (Wildman–Crippen MR) is 119 cm³/mol. The maximum absolute atomic E-state index is 13.5. The highest BCUT2D eigenvalue weighted by atomic mass is 32.1. The zero-order chi connectivity index (χ0) is 24.0. The molecule has 1 heterocycles. The number of nitrogens with one attached hydrogen (secondary N) is 1. The molecular weight excluding hydrogens is 438 g/mol. The Morgan fingerprint density at radius 1 is 1.28 bits per heavy atom. The Hall–Kier alpha value is -3.67. The van der Waals surface area contributed by atoms with E-state index in [1.807, 2.05) is 6.92 Å². The topological polar surface area (TPSA) is 167 Å². The van der Waals surface area contributed by atoms with Crippen LogP contribution in [0.25, 0.3) is 0 Å². The van der Waals surface area contributed by atoms with E-state index in [9.17, 15) is 19.2 Å². The summed E-state index contributed by atoms with van der Waals surface area (Å²) in [5, 5.41) is 2.45. The van der Waals surface area contributed by atoms with Crippen LogP contribution in [0.5, 0.6) is 5.75 Å². The van der Waals surface area contributed by atoms with E-state index in [2.05, 4.69) is 9.69 Å². The van der Waals surface area contributed by atoms with Crippen LogP contribution in [0, 0.1) is 6.92 Å². The number of amides is 3. The first kappa shape index (κ1) is 24.6. The van der Waals surface area contributed by atoms with E-state index >= 15 is 0 Å². The number of nitrogens with two attached hydrogens (primary N) is 2. The molecule has 1 atom stereocenters. The molecule has 1 aromatic carbocycles. The van der Waals surface area contributed by atoms with Gasteiger partial charge in [0, 0.05) is 0 Å². The summed E-state index contributed by atoms with van der Waals surface area (Å²) in [4.78, 5) is 50.6. The van der Waals surface area contributed by atoms with Gasteiger partial charge in [-0.05, 0) is 50.0 Å². The monoisotopic (exact) mass is 463 g/mol. The first-order chi connectivity index (χ1) is 15.1. The summed E-state index contributed by atoms with van der Waals surface area (Å²) < 4.78 is 14.0. The van der Waals surface area contributed by atoms with Gasteiger partial charge in [-0.3, -0.25) is 24.1 Å². The number of hydrogen-bond acceptors (Lipinski definition) is 9. The molecule has 0 aliphatic heterocycles. The van der Waals surface area contributed by atoms with Gasteiger partial charge in [-0.1, -0.05) is 6.07 Å². The van der Waals surface area contributed by atoms with Crippen LogP contribution in [0.4, 0.5) is 11.4 Å². The lowest BCUT2D eigenvalue weighted by atomic mass is 10.1. The first-order valence-electron chi connectivity index (χ1n) is 9.58. The Balaban J connectivity index is 2.50. The Labute approximate surface area is 188 Å². The normalized spacial score (nSPS) is 11.4. The average Bonchev–Trinajstić information content (AvgIpc) is 3.14. The summed E-state index contributed by atoms with van der Waals surface area (Å²) >= 11 is 0.694. The highest BCUT2D eigenvalue weighted by Gasteiger charge is 2.34. The minimum atomic E-state index is -1.09. The van der Waals surface area contributed by atoms with Crippen LogP contribution in [0.2, 0.25) is 0 Å². The van der Waals surface area contributed by atoms with Crippen molar-refractivity contribution in [3.05, 3.63) is 34.3 Å². The molecular formula is C20H25N5O6S. The summed E-state index contributed by atoms with van der Waals surface area (Å²) in [7, 11) is 1.43. The summed E-state index contributed by atoms with van der Waals surface area (Å²) in [6.45, 7) is 4.74. The van der Waals surface area contributed by atoms with Gasteiger partial charge >= 0.3 is 5.97 Å². The number of aryl methyl sites for hydroxylation is 1. The lowest BCUT2D eigenvalue weighted by molar-refractivity contribution is -0.143. The second-order valence-electron chi connectivity index (χ2n) is 6.69. The highest BCUT2D eigenvalue weighted by Crippen LogP contribution is 2.34. The molecule has 0 saturated heterocycles. The van der Waals surface area contributed by atoms with Gasteiger partial charge in [0.05, 0.1) is 25.1 Å². The molecule has 0 radical (unpaired) electrons. The molecule has 172 valence electrons. The number of benzene rings is 1. The zero-order valence-corrected chi connectivity index (χ0v) is 18.9. The Morgan fingerprint density at radius 2 is 1.97 bits per heavy atom. The van der Waals surface area contributed by atoms with Crippen LogP contribution in [-0.4, -0.2) is 54.4 Å². The number of carbonyl (C=O) groups is 4. The summed E-state index contributed by atoms with van der Waals surface area (Å²) in [6.07, 6.45) is 0. The molecule has 5 N–H and O–H groups in total. The predicted octanol–water partition coefficient (Wildman–Crippen LogP) is 0.856. The van der Waals surface area contributed by atoms with Crippen molar-refractivity contribution in [3.8, 4) is 5.75 Å². The lowest BCUT2D eigenvalue weighted by Crippen LogP contribution is -2.49. The number of nitrogen functional groups attached to an aromatic ring is 1. The molecule has 0 aliphatic rings. The molecule has 2 aromatic rings. The fourth-order valence-corrected chi connectivity index (χ4v) is 3.60. The molecule has 32 heavy (non-hydrogen) atoms. The van der Waals surface area contributed by atoms with Gasteiger partial charge in [-0.2, -0.15) is 4.37 Å². The number of primary amides is 1. The fraction of sp³-hybridized carbons (Fsp3) is 0.350. The van der Waals surface area contributed by atoms with Crippen molar-refractivity contribution in [3.63, 3.8) is 0 Å². The molecule has 0 aliphatic carbocycles. The van der Waals surface area contributed by atoms with E-state index in [0.717, 1.165) is 5.56 Å². The van der Waals surface area contributed by atoms with E-state index < -0.39 is 29.7 Å². The second kappa shape index (κ2) is 10.6. The van der Waals surface area contributed by atoms with Crippen molar-refractivity contribution in [2.75, 3.05) is 30.9 Å². The molecule has 0 saturated carbocycles. The summed E-state index contributed by atoms with van der Waals surface area (Å²) in [6, 6.07) is 4.01. The quantitative estimate of drug-likeness (QED) is 0.460. The first-order valence-corrected chi connectivity index (χ1v) is 10.4. The second-order valence-corrected chi connectivity index (χ2v) is 7.46. The average molecular weight is 464 g/mol. The van der Waals surface area contributed by atoms with Crippen molar-refractivity contribution in [2.45, 2.75) is 26.8 Å². The number of hydrogen-bond donors (Lipinski definition) is 3. The maximum atomic E-state index is 13.5. The third-order valence-corrected chi connectivity index (χ3v) is 5.30. The molecule has 12 heteroatoms. The van der Waals surface area contributed by atoms with Gasteiger partial charge in [0.1, 0.15) is 23.2 Å². The van der Waals surface area contributed by atoms with Crippen molar-refractivity contribution >= 4 is 46.6 Å². The standard InChI is InChI=1S/C20H25N5O6S/c1-5-31-14(26)9-23-19(28)11(3)25(12-8-10(2)6-7-13(12)30-4)20(29)17-15(21)16(18(22)27)24-32-17/h6-8,11H,5,9,21H2,1-4H3,(H2,22,27)(H,23,28). The number of anilines is 2. The van der Waals surface area contributed by atoms with Gasteiger partial charge in [0.25, 0.3) is 11.8 Å². The van der Waals surface area contributed by atoms with Gasteiger partial charge in [-0.25, -0.2) is 0 Å². The van der Waals surface area contributed by atoms with Crippen LogP contribution in [0.3, 0.4) is 0 Å². The Bertz CT molecular complexity index is 1040. The Morgan fingerprint density at radius 3 is 2.53 bits per heavy atom. The van der Waals surface area contributed by atoms with Gasteiger partial charge in [0.15, 0.2) is 5.69 Å². The van der Waals surface area contributed by atoms with Crippen LogP contribution in [-0.2, 0) is 14.3 Å². The molecule has 3 amide bonds. The van der Waals surface area contributed by atoms with Crippen molar-refractivity contribution in [1.29, 1.82) is 0 Å². The van der Waals surface area contributed by atoms with Crippen molar-refractivity contribution in [2.24, 2.45) is 5.73 Å². The molecule has 1 aromatic heterocycles. The third-order valence-electron chi connectivity index (χ3n) is 4.45. The van der Waals surface area contributed by atoms with E-state index in [4.69, 9.17) is 20.9 Å². The number of rotatable bonds is 9. The number of methoxy groups -OCH3 is 1. The number of nitrogens with zero attached hydrogens (tertiary/aromatic N) is 2. The van der Waals surface area contributed by atoms with Crippen LogP contribution in [0.1, 0.15) is 39.6 Å². The van der Waals surface area contributed by atoms with Crippen LogP contribution < -0.4 is 26.4 Å². The van der Waals surface area contributed by atoms with E-state index in [1.54, 1.807) is 25.1 Å². The molecule has 0 fully saturated rings. The van der Waals surface area contributed by atoms with Crippen molar-refractivity contribution in [1.82, 2.24) is 9.69 Å².